The number of phenols is 1. The van der Waals surface area contributed by atoms with Crippen molar-refractivity contribution in [3.05, 3.63) is 76.6 Å². The lowest BCUT2D eigenvalue weighted by Crippen LogP contribution is -2.24. The van der Waals surface area contributed by atoms with Crippen LogP contribution < -0.4 is 25.2 Å². The van der Waals surface area contributed by atoms with E-state index in [1.165, 1.54) is 20.4 Å². The van der Waals surface area contributed by atoms with Crippen LogP contribution in [-0.4, -0.2) is 48.0 Å². The molecular formula is C25H22N4O6. The van der Waals surface area contributed by atoms with Gasteiger partial charge < -0.3 is 24.3 Å². The van der Waals surface area contributed by atoms with E-state index in [1.807, 2.05) is 6.07 Å². The summed E-state index contributed by atoms with van der Waals surface area (Å²) in [5, 5.41) is 14.4. The number of nitrogens with one attached hydrogen (secondary N) is 2. The zero-order valence-electron chi connectivity index (χ0n) is 18.9. The maximum atomic E-state index is 12.4. The number of rotatable bonds is 8. The number of hydrogen-bond donors (Lipinski definition) is 3. The minimum atomic E-state index is -0.518. The van der Waals surface area contributed by atoms with E-state index in [0.29, 0.717) is 45.1 Å². The highest BCUT2D eigenvalue weighted by atomic mass is 16.5. The molecule has 4 aromatic rings. The summed E-state index contributed by atoms with van der Waals surface area (Å²) in [6.45, 7) is -0.331. The van der Waals surface area contributed by atoms with Crippen molar-refractivity contribution in [2.45, 2.75) is 0 Å². The van der Waals surface area contributed by atoms with Gasteiger partial charge in [0.1, 0.15) is 5.82 Å². The second kappa shape index (κ2) is 10.4. The van der Waals surface area contributed by atoms with Gasteiger partial charge in [0, 0.05) is 11.1 Å². The smallest absolute Gasteiger partial charge is 0.277 e. The number of aromatic nitrogens is 2. The first-order valence-corrected chi connectivity index (χ1v) is 10.5. The van der Waals surface area contributed by atoms with Crippen LogP contribution in [-0.2, 0) is 4.79 Å². The van der Waals surface area contributed by atoms with E-state index in [4.69, 9.17) is 14.2 Å². The molecule has 178 valence electrons. The Morgan fingerprint density at radius 2 is 1.86 bits per heavy atom. The summed E-state index contributed by atoms with van der Waals surface area (Å²) in [5.74, 6) is 0.750. The van der Waals surface area contributed by atoms with Crippen LogP contribution in [0, 0.1) is 0 Å². The van der Waals surface area contributed by atoms with Crippen LogP contribution in [0.15, 0.2) is 70.6 Å². The maximum Gasteiger partial charge on any atom is 0.277 e. The number of carbonyl (C=O) groups excluding carboxylic acids is 1. The number of nitrogens with zero attached hydrogens (tertiary/aromatic N) is 2. The van der Waals surface area contributed by atoms with Crippen molar-refractivity contribution in [2.75, 3.05) is 20.8 Å². The van der Waals surface area contributed by atoms with E-state index in [1.54, 1.807) is 54.6 Å². The van der Waals surface area contributed by atoms with Gasteiger partial charge >= 0.3 is 0 Å². The Kier molecular flexibility index (Phi) is 6.91. The molecule has 0 saturated carbocycles. The van der Waals surface area contributed by atoms with Crippen LogP contribution in [0.5, 0.6) is 23.0 Å². The number of amides is 1. The molecule has 0 bridgehead atoms. The second-order valence-electron chi connectivity index (χ2n) is 7.28. The zero-order valence-corrected chi connectivity index (χ0v) is 18.9. The molecular weight excluding hydrogens is 452 g/mol. The topological polar surface area (TPSA) is 135 Å². The highest BCUT2D eigenvalue weighted by Crippen LogP contribution is 2.31. The molecule has 1 amide bonds. The lowest BCUT2D eigenvalue weighted by molar-refractivity contribution is -0.123. The zero-order chi connectivity index (χ0) is 24.8. The number of methoxy groups -OCH3 is 2. The third-order valence-corrected chi connectivity index (χ3v) is 5.05. The van der Waals surface area contributed by atoms with Gasteiger partial charge in [0.05, 0.1) is 31.3 Å². The molecule has 0 fully saturated rings. The molecule has 1 heterocycles. The average Bonchev–Trinajstić information content (AvgIpc) is 2.88. The first-order chi connectivity index (χ1) is 17.0. The molecule has 10 heteroatoms. The fourth-order valence-electron chi connectivity index (χ4n) is 3.31. The van der Waals surface area contributed by atoms with Crippen molar-refractivity contribution in [1.29, 1.82) is 0 Å². The lowest BCUT2D eigenvalue weighted by atomic mass is 10.1. The highest BCUT2D eigenvalue weighted by Gasteiger charge is 2.12. The van der Waals surface area contributed by atoms with Crippen molar-refractivity contribution >= 4 is 23.0 Å². The van der Waals surface area contributed by atoms with E-state index in [0.717, 1.165) is 0 Å². The summed E-state index contributed by atoms with van der Waals surface area (Å²) in [4.78, 5) is 31.8. The van der Waals surface area contributed by atoms with Gasteiger partial charge in [-0.05, 0) is 42.5 Å². The summed E-state index contributed by atoms with van der Waals surface area (Å²) in [6, 6.07) is 16.9. The van der Waals surface area contributed by atoms with E-state index >= 15 is 0 Å². The van der Waals surface area contributed by atoms with Crippen LogP contribution in [0.25, 0.3) is 22.3 Å². The Morgan fingerprint density at radius 1 is 1.06 bits per heavy atom. The molecule has 35 heavy (non-hydrogen) atoms. The summed E-state index contributed by atoms with van der Waals surface area (Å²) in [7, 11) is 2.90. The molecule has 3 aromatic carbocycles. The van der Waals surface area contributed by atoms with Crippen LogP contribution >= 0.6 is 0 Å². The summed E-state index contributed by atoms with van der Waals surface area (Å²) in [5.41, 5.74) is 3.65. The Morgan fingerprint density at radius 3 is 2.66 bits per heavy atom. The summed E-state index contributed by atoms with van der Waals surface area (Å²) in [6.07, 6.45) is 1.29. The molecule has 10 nitrogen and oxygen atoms in total. The number of carbonyl (C=O) groups is 1. The third-order valence-electron chi connectivity index (χ3n) is 5.05. The number of hydrogen-bond acceptors (Lipinski definition) is 8. The van der Waals surface area contributed by atoms with E-state index < -0.39 is 5.91 Å². The summed E-state index contributed by atoms with van der Waals surface area (Å²) < 4.78 is 16.0. The molecule has 4 rings (SSSR count). The quantitative estimate of drug-likeness (QED) is 0.264. The van der Waals surface area contributed by atoms with Gasteiger partial charge in [-0.3, -0.25) is 9.59 Å². The number of fused-ring (bicyclic) bond motifs is 1. The standard InChI is InChI=1S/C25H22N4O6/c1-33-20-9-5-6-16(23(20)31)13-26-29-22(30)14-35-19-11-10-15(12-21(19)34-2)24-27-18-8-4-3-7-17(18)25(32)28-24/h3-13,31H,14H2,1-2H3,(H,29,30)(H,27,28,32)/b26-13+. The van der Waals surface area contributed by atoms with Gasteiger partial charge in [0.15, 0.2) is 29.6 Å². The van der Waals surface area contributed by atoms with Crippen LogP contribution in [0.3, 0.4) is 0 Å². The van der Waals surface area contributed by atoms with Gasteiger partial charge in [-0.1, -0.05) is 18.2 Å². The van der Waals surface area contributed by atoms with Crippen molar-refractivity contribution in [1.82, 2.24) is 15.4 Å². The molecule has 0 spiro atoms. The van der Waals surface area contributed by atoms with Crippen molar-refractivity contribution in [2.24, 2.45) is 5.10 Å². The molecule has 0 radical (unpaired) electrons. The number of aromatic amines is 1. The van der Waals surface area contributed by atoms with Crippen molar-refractivity contribution in [3.63, 3.8) is 0 Å². The fourth-order valence-corrected chi connectivity index (χ4v) is 3.31. The predicted octanol–water partition coefficient (Wildman–Crippen LogP) is 2.84. The molecule has 0 atom stereocenters. The van der Waals surface area contributed by atoms with Gasteiger partial charge in [-0.2, -0.15) is 5.10 Å². The van der Waals surface area contributed by atoms with Gasteiger partial charge in [-0.15, -0.1) is 0 Å². The van der Waals surface area contributed by atoms with Gasteiger partial charge in [0.25, 0.3) is 11.5 Å². The number of para-hydroxylation sites is 2. The minimum Gasteiger partial charge on any atom is -0.504 e. The molecule has 0 aliphatic rings. The monoisotopic (exact) mass is 474 g/mol. The molecule has 0 saturated heterocycles. The predicted molar refractivity (Wildman–Crippen MR) is 130 cm³/mol. The number of benzene rings is 3. The molecule has 0 unspecified atom stereocenters. The maximum absolute atomic E-state index is 12.4. The number of phenolic OH excluding ortho intramolecular Hbond substituents is 1. The number of hydrazone groups is 1. The van der Waals surface area contributed by atoms with Gasteiger partial charge in [-0.25, -0.2) is 10.4 Å². The Labute approximate surface area is 199 Å². The average molecular weight is 474 g/mol. The van der Waals surface area contributed by atoms with Crippen molar-refractivity contribution in [3.8, 4) is 34.4 Å². The Bertz CT molecular complexity index is 1460. The van der Waals surface area contributed by atoms with Crippen LogP contribution in [0.2, 0.25) is 0 Å². The van der Waals surface area contributed by atoms with Crippen molar-refractivity contribution < 1.29 is 24.1 Å². The van der Waals surface area contributed by atoms with E-state index in [2.05, 4.69) is 20.5 Å². The molecule has 3 N–H and O–H groups in total. The Hall–Kier alpha value is -4.86. The summed E-state index contributed by atoms with van der Waals surface area (Å²) >= 11 is 0. The highest BCUT2D eigenvalue weighted by molar-refractivity contribution is 5.86. The molecule has 0 aliphatic heterocycles. The molecule has 1 aromatic heterocycles. The van der Waals surface area contributed by atoms with Crippen LogP contribution in [0.4, 0.5) is 0 Å². The SMILES string of the molecule is COc1cc(-c2nc3ccccc3c(=O)[nH]2)ccc1OCC(=O)N/N=C/c1cccc(OC)c1O. The first-order valence-electron chi connectivity index (χ1n) is 10.5. The fraction of sp³-hybridized carbons (Fsp3) is 0.120. The Balaban J connectivity index is 1.43. The molecule has 0 aliphatic carbocycles. The first kappa shape index (κ1) is 23.3. The van der Waals surface area contributed by atoms with E-state index in [-0.39, 0.29) is 17.9 Å². The van der Waals surface area contributed by atoms with Crippen LogP contribution in [0.1, 0.15) is 5.56 Å². The minimum absolute atomic E-state index is 0.0867. The second-order valence-corrected chi connectivity index (χ2v) is 7.28. The van der Waals surface area contributed by atoms with Gasteiger partial charge in [0.2, 0.25) is 0 Å². The lowest BCUT2D eigenvalue weighted by Gasteiger charge is -2.12. The number of H-pyrrole nitrogens is 1. The number of aromatic hydroxyl groups is 1. The number of ether oxygens (including phenoxy) is 3. The third kappa shape index (κ3) is 5.22. The van der Waals surface area contributed by atoms with E-state index in [9.17, 15) is 14.7 Å². The normalized spacial score (nSPS) is 10.9. The largest absolute Gasteiger partial charge is 0.504 e.